The maximum absolute atomic E-state index is 12.1. The van der Waals surface area contributed by atoms with Crippen LogP contribution in [0.15, 0.2) is 60.1 Å². The molecule has 140 valence electrons. The number of hydrogen-bond donors (Lipinski definition) is 1. The molecule has 27 heavy (non-hydrogen) atoms. The van der Waals surface area contributed by atoms with E-state index in [1.807, 2.05) is 53.9 Å². The van der Waals surface area contributed by atoms with Gasteiger partial charge in [-0.15, -0.1) is 11.3 Å². The van der Waals surface area contributed by atoms with Gasteiger partial charge < -0.3 is 14.8 Å². The van der Waals surface area contributed by atoms with Crippen molar-refractivity contribution >= 4 is 17.2 Å². The number of para-hydroxylation sites is 2. The number of nitrogens with zero attached hydrogens (tertiary/aromatic N) is 1. The molecule has 0 aliphatic heterocycles. The van der Waals surface area contributed by atoms with Crippen molar-refractivity contribution in [2.45, 2.75) is 26.3 Å². The molecule has 3 aromatic rings. The number of aromatic nitrogens is 1. The van der Waals surface area contributed by atoms with E-state index in [4.69, 9.17) is 9.47 Å². The van der Waals surface area contributed by atoms with Gasteiger partial charge in [0.05, 0.1) is 13.0 Å². The lowest BCUT2D eigenvalue weighted by molar-refractivity contribution is -0.120. The van der Waals surface area contributed by atoms with Crippen molar-refractivity contribution in [1.29, 1.82) is 0 Å². The lowest BCUT2D eigenvalue weighted by Crippen LogP contribution is -2.24. The van der Waals surface area contributed by atoms with Crippen LogP contribution in [0.25, 0.3) is 0 Å². The number of benzene rings is 1. The van der Waals surface area contributed by atoms with E-state index in [2.05, 4.69) is 17.2 Å². The van der Waals surface area contributed by atoms with Crippen molar-refractivity contribution in [2.24, 2.45) is 0 Å². The Balaban J connectivity index is 1.66. The first-order valence-corrected chi connectivity index (χ1v) is 9.77. The topological polar surface area (TPSA) is 60.5 Å². The highest BCUT2D eigenvalue weighted by molar-refractivity contribution is 7.10. The van der Waals surface area contributed by atoms with Gasteiger partial charge >= 0.3 is 0 Å². The third-order valence-electron chi connectivity index (χ3n) is 3.76. The molecule has 5 nitrogen and oxygen atoms in total. The molecule has 1 N–H and O–H groups in total. The van der Waals surface area contributed by atoms with Crippen LogP contribution in [-0.2, 0) is 17.8 Å². The molecule has 6 heteroatoms. The summed E-state index contributed by atoms with van der Waals surface area (Å²) in [5.41, 5.74) is 0.808. The molecule has 0 saturated heterocycles. The zero-order chi connectivity index (χ0) is 18.9. The summed E-state index contributed by atoms with van der Waals surface area (Å²) in [6.07, 6.45) is 2.96. The summed E-state index contributed by atoms with van der Waals surface area (Å²) in [7, 11) is 0. The van der Waals surface area contributed by atoms with Crippen LogP contribution < -0.4 is 14.8 Å². The van der Waals surface area contributed by atoms with Crippen molar-refractivity contribution in [1.82, 2.24) is 10.3 Å². The van der Waals surface area contributed by atoms with Crippen LogP contribution in [0.2, 0.25) is 0 Å². The Kier molecular flexibility index (Phi) is 6.82. The monoisotopic (exact) mass is 382 g/mol. The zero-order valence-corrected chi connectivity index (χ0v) is 16.0. The van der Waals surface area contributed by atoms with Crippen LogP contribution >= 0.6 is 11.3 Å². The standard InChI is InChI=1S/C21H22N2O3S/c1-2-12-25-18-9-3-4-10-19(18)26-21-16(7-5-11-22-21)15-23-20(24)14-17-8-6-13-27-17/h3-11,13H,2,12,14-15H2,1H3,(H,23,24). The number of amides is 1. The number of rotatable bonds is 9. The number of thiophene rings is 1. The van der Waals surface area contributed by atoms with E-state index in [0.29, 0.717) is 37.0 Å². The predicted octanol–water partition coefficient (Wildman–Crippen LogP) is 4.58. The highest BCUT2D eigenvalue weighted by Crippen LogP contribution is 2.31. The first-order valence-electron chi connectivity index (χ1n) is 8.89. The number of hydrogen-bond acceptors (Lipinski definition) is 5. The first kappa shape index (κ1) is 18.9. The van der Waals surface area contributed by atoms with Crippen LogP contribution in [0.4, 0.5) is 0 Å². The number of carbonyl (C=O) groups is 1. The van der Waals surface area contributed by atoms with Crippen LogP contribution in [0.1, 0.15) is 23.8 Å². The Bertz CT molecular complexity index is 865. The number of pyridine rings is 1. The van der Waals surface area contributed by atoms with E-state index in [-0.39, 0.29) is 5.91 Å². The molecule has 0 atom stereocenters. The Morgan fingerprint density at radius 2 is 1.96 bits per heavy atom. The fourth-order valence-corrected chi connectivity index (χ4v) is 3.15. The maximum Gasteiger partial charge on any atom is 0.225 e. The predicted molar refractivity (Wildman–Crippen MR) is 106 cm³/mol. The van der Waals surface area contributed by atoms with Crippen molar-refractivity contribution in [3.63, 3.8) is 0 Å². The van der Waals surface area contributed by atoms with E-state index in [1.165, 1.54) is 0 Å². The molecule has 2 heterocycles. The molecule has 0 aliphatic carbocycles. The molecule has 2 aromatic heterocycles. The molecule has 1 aromatic carbocycles. The first-order chi connectivity index (χ1) is 13.3. The summed E-state index contributed by atoms with van der Waals surface area (Å²) in [5.74, 6) is 1.72. The molecule has 0 unspecified atom stereocenters. The Morgan fingerprint density at radius 1 is 1.11 bits per heavy atom. The second-order valence-corrected chi connectivity index (χ2v) is 6.93. The van der Waals surface area contributed by atoms with E-state index >= 15 is 0 Å². The average Bonchev–Trinajstić information content (AvgIpc) is 3.19. The molecule has 0 spiro atoms. The normalized spacial score (nSPS) is 10.4. The lowest BCUT2D eigenvalue weighted by atomic mass is 10.2. The van der Waals surface area contributed by atoms with Gasteiger partial charge in [0.25, 0.3) is 0 Å². The molecule has 1 amide bonds. The average molecular weight is 382 g/mol. The van der Waals surface area contributed by atoms with Crippen LogP contribution in [0, 0.1) is 0 Å². The van der Waals surface area contributed by atoms with Gasteiger partial charge in [-0.05, 0) is 36.1 Å². The minimum Gasteiger partial charge on any atom is -0.490 e. The van der Waals surface area contributed by atoms with Gasteiger partial charge in [-0.1, -0.05) is 31.2 Å². The van der Waals surface area contributed by atoms with Crippen LogP contribution in [0.3, 0.4) is 0 Å². The Morgan fingerprint density at radius 3 is 2.74 bits per heavy atom. The van der Waals surface area contributed by atoms with Gasteiger partial charge in [-0.3, -0.25) is 4.79 Å². The minimum absolute atomic E-state index is 0.0288. The highest BCUT2D eigenvalue weighted by atomic mass is 32.1. The number of carbonyl (C=O) groups excluding carboxylic acids is 1. The summed E-state index contributed by atoms with van der Waals surface area (Å²) in [4.78, 5) is 17.5. The van der Waals surface area contributed by atoms with Crippen molar-refractivity contribution in [2.75, 3.05) is 6.61 Å². The molecule has 0 bridgehead atoms. The van der Waals surface area contributed by atoms with E-state index in [1.54, 1.807) is 17.5 Å². The summed E-state index contributed by atoms with van der Waals surface area (Å²) in [6.45, 7) is 3.03. The minimum atomic E-state index is -0.0288. The van der Waals surface area contributed by atoms with Crippen LogP contribution in [-0.4, -0.2) is 17.5 Å². The quantitative estimate of drug-likeness (QED) is 0.588. The molecule has 0 aliphatic rings. The second-order valence-electron chi connectivity index (χ2n) is 5.90. The van der Waals surface area contributed by atoms with Gasteiger partial charge in [0.2, 0.25) is 11.8 Å². The third-order valence-corrected chi connectivity index (χ3v) is 4.63. The molecule has 3 rings (SSSR count). The van der Waals surface area contributed by atoms with Gasteiger partial charge in [-0.25, -0.2) is 4.98 Å². The lowest BCUT2D eigenvalue weighted by Gasteiger charge is -2.14. The third kappa shape index (κ3) is 5.56. The SMILES string of the molecule is CCCOc1ccccc1Oc1ncccc1CNC(=O)Cc1cccs1. The summed E-state index contributed by atoms with van der Waals surface area (Å²) < 4.78 is 11.7. The number of nitrogens with one attached hydrogen (secondary N) is 1. The Hall–Kier alpha value is -2.86. The van der Waals surface area contributed by atoms with Gasteiger partial charge in [0.1, 0.15) is 0 Å². The van der Waals surface area contributed by atoms with E-state index in [0.717, 1.165) is 16.9 Å². The molecular formula is C21H22N2O3S. The maximum atomic E-state index is 12.1. The fourth-order valence-electron chi connectivity index (χ4n) is 2.45. The molecule has 0 radical (unpaired) electrons. The van der Waals surface area contributed by atoms with E-state index in [9.17, 15) is 4.79 Å². The smallest absolute Gasteiger partial charge is 0.225 e. The van der Waals surface area contributed by atoms with Crippen molar-refractivity contribution < 1.29 is 14.3 Å². The second kappa shape index (κ2) is 9.73. The van der Waals surface area contributed by atoms with Crippen LogP contribution in [0.5, 0.6) is 17.4 Å². The van der Waals surface area contributed by atoms with E-state index < -0.39 is 0 Å². The highest BCUT2D eigenvalue weighted by Gasteiger charge is 2.11. The molecule has 0 saturated carbocycles. The zero-order valence-electron chi connectivity index (χ0n) is 15.2. The largest absolute Gasteiger partial charge is 0.490 e. The fraction of sp³-hybridized carbons (Fsp3) is 0.238. The van der Waals surface area contributed by atoms with Crippen molar-refractivity contribution in [3.8, 4) is 17.4 Å². The van der Waals surface area contributed by atoms with Gasteiger partial charge in [0, 0.05) is 23.2 Å². The summed E-state index contributed by atoms with van der Waals surface area (Å²) >= 11 is 1.57. The van der Waals surface area contributed by atoms with Gasteiger partial charge in [0.15, 0.2) is 11.5 Å². The summed E-state index contributed by atoms with van der Waals surface area (Å²) in [6, 6.07) is 15.1. The van der Waals surface area contributed by atoms with Gasteiger partial charge in [-0.2, -0.15) is 0 Å². The summed E-state index contributed by atoms with van der Waals surface area (Å²) in [5, 5.41) is 4.89. The molecule has 0 fully saturated rings. The number of ether oxygens (including phenoxy) is 2. The Labute approximate surface area is 163 Å². The van der Waals surface area contributed by atoms with Crippen molar-refractivity contribution in [3.05, 3.63) is 70.5 Å². The molecular weight excluding hydrogens is 360 g/mol.